The monoisotopic (exact) mass is 434 g/mol. The van der Waals surface area contributed by atoms with Crippen LogP contribution in [0.1, 0.15) is 35.4 Å². The molecule has 3 aliphatic rings. The van der Waals surface area contributed by atoms with Gasteiger partial charge in [0.25, 0.3) is 12.3 Å². The number of fused-ring (bicyclic) bond motifs is 3. The van der Waals surface area contributed by atoms with Crippen LogP contribution in [0.25, 0.3) is 0 Å². The van der Waals surface area contributed by atoms with Gasteiger partial charge in [-0.15, -0.1) is 0 Å². The summed E-state index contributed by atoms with van der Waals surface area (Å²) in [5, 5.41) is 4.56. The second kappa shape index (κ2) is 8.11. The molecule has 3 aliphatic heterocycles. The second-order valence-electron chi connectivity index (χ2n) is 8.01. The Bertz CT molecular complexity index is 921. The molecular weight excluding hydrogens is 410 g/mol. The van der Waals surface area contributed by atoms with E-state index < -0.39 is 6.43 Å². The normalized spacial score (nSPS) is 23.0. The van der Waals surface area contributed by atoms with Crippen molar-refractivity contribution in [1.29, 1.82) is 0 Å². The molecule has 0 spiro atoms. The van der Waals surface area contributed by atoms with Gasteiger partial charge in [-0.05, 0) is 25.0 Å². The first-order valence-corrected chi connectivity index (χ1v) is 11.2. The summed E-state index contributed by atoms with van der Waals surface area (Å²) < 4.78 is 31.6. The molecule has 0 aliphatic carbocycles. The highest BCUT2D eigenvalue weighted by Gasteiger charge is 2.39. The first kappa shape index (κ1) is 19.7. The van der Waals surface area contributed by atoms with Crippen LogP contribution in [0.5, 0.6) is 5.75 Å². The van der Waals surface area contributed by atoms with Crippen molar-refractivity contribution in [1.82, 2.24) is 15.2 Å². The lowest BCUT2D eigenvalue weighted by atomic mass is 10.2. The van der Waals surface area contributed by atoms with Crippen molar-refractivity contribution in [3.63, 3.8) is 0 Å². The molecule has 2 aromatic rings. The van der Waals surface area contributed by atoms with Crippen LogP contribution in [-0.2, 0) is 17.8 Å². The predicted octanol–water partition coefficient (Wildman–Crippen LogP) is 2.99. The summed E-state index contributed by atoms with van der Waals surface area (Å²) in [7, 11) is 0. The molecule has 4 heterocycles. The lowest BCUT2D eigenvalue weighted by molar-refractivity contribution is -0.134. The number of hydrogen-bond donors (Lipinski definition) is 1. The maximum Gasteiger partial charge on any atom is 0.267 e. The molecule has 2 unspecified atom stereocenters. The maximum absolute atomic E-state index is 13.1. The third kappa shape index (κ3) is 3.65. The summed E-state index contributed by atoms with van der Waals surface area (Å²) in [5.74, 6) is -0.130. The molecule has 160 valence electrons. The topological polar surface area (TPSA) is 57.7 Å². The van der Waals surface area contributed by atoms with Crippen molar-refractivity contribution in [3.8, 4) is 5.75 Å². The van der Waals surface area contributed by atoms with Crippen molar-refractivity contribution in [2.45, 2.75) is 44.3 Å². The zero-order valence-electron chi connectivity index (χ0n) is 16.5. The summed E-state index contributed by atoms with van der Waals surface area (Å²) in [5.41, 5.74) is 0.893. The van der Waals surface area contributed by atoms with Gasteiger partial charge in [0.2, 0.25) is 0 Å². The fraction of sp³-hybridized carbons (Fsp3) is 0.524. The van der Waals surface area contributed by atoms with Crippen LogP contribution in [-0.4, -0.2) is 54.1 Å². The molecule has 5 rings (SSSR count). The van der Waals surface area contributed by atoms with Gasteiger partial charge in [0.1, 0.15) is 5.75 Å². The standard InChI is InChI=1S/C21H24F2N4O2S/c22-20(23)15-3-1-2-4-17(15)29-12-19(28)26-8-7-16-18(11-26)30-21(25-16)27-13-5-6-14(27)10-24-9-13/h1-4,13-14,20,24H,5-12H2. The van der Waals surface area contributed by atoms with Gasteiger partial charge in [0.05, 0.1) is 17.8 Å². The number of piperazine rings is 1. The fourth-order valence-corrected chi connectivity index (χ4v) is 5.88. The second-order valence-corrected chi connectivity index (χ2v) is 9.07. The van der Waals surface area contributed by atoms with Gasteiger partial charge < -0.3 is 19.9 Å². The number of rotatable bonds is 5. The Balaban J connectivity index is 1.24. The lowest BCUT2D eigenvalue weighted by Gasteiger charge is -2.35. The Morgan fingerprint density at radius 2 is 2.03 bits per heavy atom. The minimum absolute atomic E-state index is 0.0628. The van der Waals surface area contributed by atoms with E-state index in [2.05, 4.69) is 10.2 Å². The highest BCUT2D eigenvalue weighted by atomic mass is 32.1. The minimum Gasteiger partial charge on any atom is -0.483 e. The van der Waals surface area contributed by atoms with Gasteiger partial charge in [-0.3, -0.25) is 4.79 Å². The Morgan fingerprint density at radius 3 is 2.80 bits per heavy atom. The number of nitrogens with zero attached hydrogens (tertiary/aromatic N) is 3. The number of para-hydroxylation sites is 1. The van der Waals surface area contributed by atoms with E-state index in [1.165, 1.54) is 31.0 Å². The molecule has 1 amide bonds. The number of carbonyl (C=O) groups is 1. The number of aromatic nitrogens is 1. The van der Waals surface area contributed by atoms with E-state index in [0.717, 1.165) is 28.8 Å². The van der Waals surface area contributed by atoms with Crippen LogP contribution in [0, 0.1) is 0 Å². The average molecular weight is 435 g/mol. The SMILES string of the molecule is O=C(COc1ccccc1C(F)F)N1CCc2nc(N3C4CCC3CNC4)sc2C1. The third-order valence-electron chi connectivity index (χ3n) is 6.18. The first-order valence-electron chi connectivity index (χ1n) is 10.4. The van der Waals surface area contributed by atoms with E-state index in [0.29, 0.717) is 31.6 Å². The molecule has 0 radical (unpaired) electrons. The molecular formula is C21H24F2N4O2S. The van der Waals surface area contributed by atoms with E-state index in [9.17, 15) is 13.6 Å². The number of carbonyl (C=O) groups excluding carboxylic acids is 1. The average Bonchev–Trinajstić information content (AvgIpc) is 3.28. The largest absolute Gasteiger partial charge is 0.483 e. The number of hydrogen-bond acceptors (Lipinski definition) is 6. The van der Waals surface area contributed by atoms with Crippen molar-refractivity contribution in [2.75, 3.05) is 31.1 Å². The molecule has 2 saturated heterocycles. The summed E-state index contributed by atoms with van der Waals surface area (Å²) in [6.07, 6.45) is 0.477. The number of anilines is 1. The summed E-state index contributed by atoms with van der Waals surface area (Å²) in [6.45, 7) is 2.84. The van der Waals surface area contributed by atoms with E-state index >= 15 is 0 Å². The number of ether oxygens (including phenoxy) is 1. The number of amides is 1. The fourth-order valence-electron chi connectivity index (χ4n) is 4.62. The third-order valence-corrected chi connectivity index (χ3v) is 7.27. The minimum atomic E-state index is -2.63. The van der Waals surface area contributed by atoms with Crippen LogP contribution < -0.4 is 15.0 Å². The predicted molar refractivity (Wildman–Crippen MR) is 110 cm³/mol. The quantitative estimate of drug-likeness (QED) is 0.784. The molecule has 6 nitrogen and oxygen atoms in total. The molecule has 0 saturated carbocycles. The molecule has 1 aromatic heterocycles. The van der Waals surface area contributed by atoms with Gasteiger partial charge in [0.15, 0.2) is 11.7 Å². The summed E-state index contributed by atoms with van der Waals surface area (Å²) in [4.78, 5) is 22.9. The molecule has 2 fully saturated rings. The van der Waals surface area contributed by atoms with E-state index in [4.69, 9.17) is 9.72 Å². The molecule has 9 heteroatoms. The molecule has 30 heavy (non-hydrogen) atoms. The zero-order valence-corrected chi connectivity index (χ0v) is 17.3. The van der Waals surface area contributed by atoms with Crippen LogP contribution in [0.2, 0.25) is 0 Å². The molecule has 1 aromatic carbocycles. The molecule has 2 bridgehead atoms. The number of thiazole rings is 1. The van der Waals surface area contributed by atoms with Crippen molar-refractivity contribution >= 4 is 22.4 Å². The summed E-state index contributed by atoms with van der Waals surface area (Å²) in [6, 6.07) is 6.98. The van der Waals surface area contributed by atoms with E-state index in [-0.39, 0.29) is 23.8 Å². The van der Waals surface area contributed by atoms with E-state index in [1.54, 1.807) is 22.3 Å². The summed E-state index contributed by atoms with van der Waals surface area (Å²) >= 11 is 1.68. The highest BCUT2D eigenvalue weighted by molar-refractivity contribution is 7.15. The number of nitrogens with one attached hydrogen (secondary N) is 1. The molecule has 1 N–H and O–H groups in total. The van der Waals surface area contributed by atoms with Gasteiger partial charge in [0, 0.05) is 43.0 Å². The van der Waals surface area contributed by atoms with Crippen LogP contribution in [0.4, 0.5) is 13.9 Å². The van der Waals surface area contributed by atoms with Gasteiger partial charge in [-0.2, -0.15) is 0 Å². The van der Waals surface area contributed by atoms with Crippen LogP contribution in [0.3, 0.4) is 0 Å². The van der Waals surface area contributed by atoms with Crippen LogP contribution >= 0.6 is 11.3 Å². The Labute approximate surface area is 177 Å². The Morgan fingerprint density at radius 1 is 1.27 bits per heavy atom. The van der Waals surface area contributed by atoms with Crippen LogP contribution in [0.15, 0.2) is 24.3 Å². The van der Waals surface area contributed by atoms with Crippen molar-refractivity contribution < 1.29 is 18.3 Å². The first-order chi connectivity index (χ1) is 14.6. The highest BCUT2D eigenvalue weighted by Crippen LogP contribution is 2.38. The maximum atomic E-state index is 13.1. The Kier molecular flexibility index (Phi) is 5.32. The van der Waals surface area contributed by atoms with Gasteiger partial charge in [-0.25, -0.2) is 13.8 Å². The Hall–Kier alpha value is -2.26. The number of alkyl halides is 2. The zero-order chi connectivity index (χ0) is 20.7. The van der Waals surface area contributed by atoms with Gasteiger partial charge >= 0.3 is 0 Å². The lowest BCUT2D eigenvalue weighted by Crippen LogP contribution is -2.51. The number of benzene rings is 1. The number of halogens is 2. The molecule has 2 atom stereocenters. The smallest absolute Gasteiger partial charge is 0.267 e. The van der Waals surface area contributed by atoms with Crippen molar-refractivity contribution in [2.24, 2.45) is 0 Å². The van der Waals surface area contributed by atoms with Crippen molar-refractivity contribution in [3.05, 3.63) is 40.4 Å². The van der Waals surface area contributed by atoms with Gasteiger partial charge in [-0.1, -0.05) is 23.5 Å². The van der Waals surface area contributed by atoms with E-state index in [1.807, 2.05) is 0 Å².